The van der Waals surface area contributed by atoms with Crippen molar-refractivity contribution in [2.45, 2.75) is 58.9 Å². The Morgan fingerprint density at radius 2 is 2.00 bits per heavy atom. The molecule has 1 unspecified atom stereocenters. The van der Waals surface area contributed by atoms with Gasteiger partial charge in [0.25, 0.3) is 0 Å². The van der Waals surface area contributed by atoms with E-state index in [-0.39, 0.29) is 11.9 Å². The quantitative estimate of drug-likeness (QED) is 0.718. The second-order valence-electron chi connectivity index (χ2n) is 5.11. The predicted octanol–water partition coefficient (Wildman–Crippen LogP) is 3.45. The molecule has 19 heavy (non-hydrogen) atoms. The van der Waals surface area contributed by atoms with Crippen molar-refractivity contribution in [1.82, 2.24) is 5.32 Å². The summed E-state index contributed by atoms with van der Waals surface area (Å²) in [6.45, 7) is 7.02. The molecule has 0 bridgehead atoms. The van der Waals surface area contributed by atoms with Gasteiger partial charge in [0, 0.05) is 16.2 Å². The van der Waals surface area contributed by atoms with Crippen LogP contribution >= 0.6 is 11.3 Å². The fourth-order valence-corrected chi connectivity index (χ4v) is 3.28. The molecule has 4 heteroatoms. The molecule has 3 nitrogen and oxygen atoms in total. The molecule has 0 aliphatic carbocycles. The monoisotopic (exact) mass is 282 g/mol. The Bertz CT molecular complexity index is 401. The summed E-state index contributed by atoms with van der Waals surface area (Å²) in [6.07, 6.45) is 4.86. The first kappa shape index (κ1) is 16.2. The molecule has 3 N–H and O–H groups in total. The van der Waals surface area contributed by atoms with Crippen LogP contribution in [0, 0.1) is 13.8 Å². The van der Waals surface area contributed by atoms with E-state index >= 15 is 0 Å². The number of thiophene rings is 1. The van der Waals surface area contributed by atoms with E-state index in [1.54, 1.807) is 11.3 Å². The van der Waals surface area contributed by atoms with Crippen LogP contribution in [-0.2, 0) is 4.79 Å². The molecule has 1 rings (SSSR count). The van der Waals surface area contributed by atoms with Gasteiger partial charge in [-0.2, -0.15) is 0 Å². The fraction of sp³-hybridized carbons (Fsp3) is 0.667. The zero-order valence-electron chi connectivity index (χ0n) is 12.3. The zero-order chi connectivity index (χ0) is 14.3. The first-order valence-corrected chi connectivity index (χ1v) is 7.92. The van der Waals surface area contributed by atoms with Crippen LogP contribution in [0.5, 0.6) is 0 Å². The van der Waals surface area contributed by atoms with Crippen molar-refractivity contribution in [1.29, 1.82) is 0 Å². The number of aryl methyl sites for hydroxylation is 2. The van der Waals surface area contributed by atoms with E-state index in [0.29, 0.717) is 6.42 Å². The van der Waals surface area contributed by atoms with E-state index in [4.69, 9.17) is 5.73 Å². The molecule has 0 aliphatic heterocycles. The second-order valence-corrected chi connectivity index (χ2v) is 6.57. The lowest BCUT2D eigenvalue weighted by molar-refractivity contribution is -0.121. The third-order valence-corrected chi connectivity index (χ3v) is 4.26. The molecule has 0 aromatic carbocycles. The van der Waals surface area contributed by atoms with E-state index in [1.807, 2.05) is 0 Å². The molecule has 0 fully saturated rings. The normalized spacial score (nSPS) is 12.4. The summed E-state index contributed by atoms with van der Waals surface area (Å²) in [6, 6.07) is 2.29. The van der Waals surface area contributed by atoms with E-state index in [1.165, 1.54) is 15.3 Å². The molecular formula is C15H26N2OS. The van der Waals surface area contributed by atoms with Gasteiger partial charge in [-0.25, -0.2) is 0 Å². The lowest BCUT2D eigenvalue weighted by Crippen LogP contribution is -2.26. The largest absolute Gasteiger partial charge is 0.350 e. The zero-order valence-corrected chi connectivity index (χ0v) is 13.1. The minimum Gasteiger partial charge on any atom is -0.350 e. The van der Waals surface area contributed by atoms with Crippen LogP contribution < -0.4 is 11.1 Å². The van der Waals surface area contributed by atoms with Crippen LogP contribution in [0.15, 0.2) is 6.07 Å². The predicted molar refractivity (Wildman–Crippen MR) is 82.5 cm³/mol. The molecule has 0 saturated carbocycles. The summed E-state index contributed by atoms with van der Waals surface area (Å²) in [5.41, 5.74) is 6.69. The number of hydrogen-bond donors (Lipinski definition) is 2. The maximum absolute atomic E-state index is 11.8. The van der Waals surface area contributed by atoms with Crippen molar-refractivity contribution in [2.75, 3.05) is 6.54 Å². The molecule has 1 aromatic heterocycles. The summed E-state index contributed by atoms with van der Waals surface area (Å²) >= 11 is 1.79. The maximum Gasteiger partial charge on any atom is 0.220 e. The number of nitrogens with two attached hydrogens (primary N) is 1. The Morgan fingerprint density at radius 1 is 1.32 bits per heavy atom. The van der Waals surface area contributed by atoms with Gasteiger partial charge in [0.1, 0.15) is 0 Å². The van der Waals surface area contributed by atoms with Crippen LogP contribution in [0.2, 0.25) is 0 Å². The molecule has 1 heterocycles. The van der Waals surface area contributed by atoms with Crippen molar-refractivity contribution >= 4 is 17.2 Å². The van der Waals surface area contributed by atoms with E-state index in [9.17, 15) is 4.79 Å². The van der Waals surface area contributed by atoms with Crippen molar-refractivity contribution in [3.8, 4) is 0 Å². The highest BCUT2D eigenvalue weighted by molar-refractivity contribution is 7.12. The Kier molecular flexibility index (Phi) is 7.10. The lowest BCUT2D eigenvalue weighted by atomic mass is 10.1. The third-order valence-electron chi connectivity index (χ3n) is 3.28. The van der Waals surface area contributed by atoms with E-state index in [0.717, 1.165) is 32.2 Å². The van der Waals surface area contributed by atoms with Crippen LogP contribution in [0.1, 0.15) is 60.4 Å². The second kappa shape index (κ2) is 8.33. The number of amides is 1. The van der Waals surface area contributed by atoms with Crippen LogP contribution in [0.25, 0.3) is 0 Å². The number of unbranched alkanes of at least 4 members (excludes halogenated alkanes) is 3. The number of nitrogens with one attached hydrogen (secondary N) is 1. The molecule has 0 radical (unpaired) electrons. The van der Waals surface area contributed by atoms with Gasteiger partial charge in [0.15, 0.2) is 0 Å². The molecule has 0 aliphatic rings. The summed E-state index contributed by atoms with van der Waals surface area (Å²) in [5, 5.41) is 3.08. The Hall–Kier alpha value is -0.870. The van der Waals surface area contributed by atoms with Crippen molar-refractivity contribution in [2.24, 2.45) is 5.73 Å². The molecule has 0 saturated heterocycles. The molecule has 1 atom stereocenters. The average molecular weight is 282 g/mol. The first-order valence-electron chi connectivity index (χ1n) is 7.11. The fourth-order valence-electron chi connectivity index (χ4n) is 2.26. The SMILES string of the molecule is Cc1cc(C(C)NC(=O)CCCCCCN)c(C)s1. The number of rotatable bonds is 8. The molecule has 108 valence electrons. The Labute approximate surface area is 120 Å². The molecule has 0 spiro atoms. The van der Waals surface area contributed by atoms with Gasteiger partial charge in [-0.1, -0.05) is 12.8 Å². The third kappa shape index (κ3) is 5.74. The smallest absolute Gasteiger partial charge is 0.220 e. The molecule has 1 amide bonds. The van der Waals surface area contributed by atoms with Gasteiger partial charge in [0.05, 0.1) is 6.04 Å². The van der Waals surface area contributed by atoms with Crippen molar-refractivity contribution in [3.05, 3.63) is 21.4 Å². The van der Waals surface area contributed by atoms with E-state index < -0.39 is 0 Å². The van der Waals surface area contributed by atoms with Crippen LogP contribution in [0.4, 0.5) is 0 Å². The Balaban J connectivity index is 2.30. The minimum absolute atomic E-state index is 0.112. The van der Waals surface area contributed by atoms with Crippen molar-refractivity contribution < 1.29 is 4.79 Å². The topological polar surface area (TPSA) is 55.1 Å². The first-order chi connectivity index (χ1) is 9.04. The highest BCUT2D eigenvalue weighted by Crippen LogP contribution is 2.26. The maximum atomic E-state index is 11.8. The highest BCUT2D eigenvalue weighted by atomic mass is 32.1. The van der Waals surface area contributed by atoms with Gasteiger partial charge < -0.3 is 11.1 Å². The number of carbonyl (C=O) groups is 1. The van der Waals surface area contributed by atoms with Gasteiger partial charge in [0.2, 0.25) is 5.91 Å². The minimum atomic E-state index is 0.112. The molecule has 1 aromatic rings. The molecular weight excluding hydrogens is 256 g/mol. The standard InChI is InChI=1S/C15H26N2OS/c1-11-10-14(13(3)19-11)12(2)17-15(18)8-6-4-5-7-9-16/h10,12H,4-9,16H2,1-3H3,(H,17,18). The van der Waals surface area contributed by atoms with Crippen molar-refractivity contribution in [3.63, 3.8) is 0 Å². The van der Waals surface area contributed by atoms with Crippen LogP contribution in [-0.4, -0.2) is 12.5 Å². The van der Waals surface area contributed by atoms with Gasteiger partial charge >= 0.3 is 0 Å². The van der Waals surface area contributed by atoms with Crippen LogP contribution in [0.3, 0.4) is 0 Å². The Morgan fingerprint density at radius 3 is 2.58 bits per heavy atom. The summed E-state index contributed by atoms with van der Waals surface area (Å²) in [5.74, 6) is 0.156. The average Bonchev–Trinajstić information content (AvgIpc) is 2.68. The number of hydrogen-bond acceptors (Lipinski definition) is 3. The summed E-state index contributed by atoms with van der Waals surface area (Å²) in [4.78, 5) is 14.4. The summed E-state index contributed by atoms with van der Waals surface area (Å²) in [7, 11) is 0. The lowest BCUT2D eigenvalue weighted by Gasteiger charge is -2.14. The van der Waals surface area contributed by atoms with Gasteiger partial charge in [-0.15, -0.1) is 11.3 Å². The highest BCUT2D eigenvalue weighted by Gasteiger charge is 2.13. The van der Waals surface area contributed by atoms with Gasteiger partial charge in [-0.05, 0) is 51.8 Å². The number of carbonyl (C=O) groups excluding carboxylic acids is 1. The van der Waals surface area contributed by atoms with Gasteiger partial charge in [-0.3, -0.25) is 4.79 Å². The summed E-state index contributed by atoms with van der Waals surface area (Å²) < 4.78 is 0. The van der Waals surface area contributed by atoms with E-state index in [2.05, 4.69) is 32.2 Å².